The Bertz CT molecular complexity index is 602. The van der Waals surface area contributed by atoms with Crippen molar-refractivity contribution in [1.29, 1.82) is 0 Å². The highest BCUT2D eigenvalue weighted by Crippen LogP contribution is 2.28. The molecule has 0 saturated carbocycles. The van der Waals surface area contributed by atoms with Crippen molar-refractivity contribution in [3.63, 3.8) is 0 Å². The molecule has 23 heavy (non-hydrogen) atoms. The molecule has 5 heteroatoms. The summed E-state index contributed by atoms with van der Waals surface area (Å²) in [6.45, 7) is 12.9. The van der Waals surface area contributed by atoms with Gasteiger partial charge in [0, 0.05) is 11.5 Å². The molecule has 1 aromatic rings. The Morgan fingerprint density at radius 3 is 2.35 bits per heavy atom. The summed E-state index contributed by atoms with van der Waals surface area (Å²) >= 11 is 0. The van der Waals surface area contributed by atoms with Gasteiger partial charge >= 0.3 is 12.1 Å². The molecule has 1 unspecified atom stereocenters. The highest BCUT2D eigenvalue weighted by molar-refractivity contribution is 5.81. The second-order valence-corrected chi connectivity index (χ2v) is 5.92. The zero-order valence-electron chi connectivity index (χ0n) is 13.8. The van der Waals surface area contributed by atoms with Crippen LogP contribution in [0.15, 0.2) is 43.5 Å². The van der Waals surface area contributed by atoms with Gasteiger partial charge in [0.2, 0.25) is 0 Å². The third-order valence-corrected chi connectivity index (χ3v) is 3.85. The molecule has 124 valence electrons. The molecule has 1 amide bonds. The SMILES string of the molecule is C=CC(=O)OCC(NC(=O)O)C(C)(C)c1ccc(C(=C)C)cc1. The number of rotatable bonds is 7. The summed E-state index contributed by atoms with van der Waals surface area (Å²) in [5.74, 6) is -0.587. The van der Waals surface area contributed by atoms with Crippen LogP contribution in [0.5, 0.6) is 0 Å². The van der Waals surface area contributed by atoms with E-state index in [0.29, 0.717) is 0 Å². The number of benzene rings is 1. The molecular formula is C18H23NO4. The summed E-state index contributed by atoms with van der Waals surface area (Å²) in [5.41, 5.74) is 2.32. The predicted octanol–water partition coefficient (Wildman–Crippen LogP) is 3.36. The van der Waals surface area contributed by atoms with E-state index in [2.05, 4.69) is 18.5 Å². The fourth-order valence-corrected chi connectivity index (χ4v) is 2.19. The summed E-state index contributed by atoms with van der Waals surface area (Å²) in [7, 11) is 0. The maximum absolute atomic E-state index is 11.3. The number of carbonyl (C=O) groups excluding carboxylic acids is 1. The Kier molecular flexibility index (Phi) is 6.13. The van der Waals surface area contributed by atoms with E-state index < -0.39 is 23.5 Å². The third kappa shape index (κ3) is 4.98. The van der Waals surface area contributed by atoms with E-state index in [-0.39, 0.29) is 6.61 Å². The summed E-state index contributed by atoms with van der Waals surface area (Å²) in [4.78, 5) is 22.3. The Morgan fingerprint density at radius 1 is 1.35 bits per heavy atom. The summed E-state index contributed by atoms with van der Waals surface area (Å²) in [6, 6.07) is 7.13. The molecule has 0 aliphatic heterocycles. The fraction of sp³-hybridized carbons (Fsp3) is 0.333. The molecule has 0 saturated heterocycles. The number of carbonyl (C=O) groups is 2. The first kappa shape index (κ1) is 18.5. The smallest absolute Gasteiger partial charge is 0.405 e. The number of hydrogen-bond donors (Lipinski definition) is 2. The molecule has 1 rings (SSSR count). The van der Waals surface area contributed by atoms with E-state index in [4.69, 9.17) is 9.84 Å². The zero-order chi connectivity index (χ0) is 17.6. The number of carboxylic acid groups (broad SMARTS) is 1. The summed E-state index contributed by atoms with van der Waals surface area (Å²) in [5, 5.41) is 11.5. The van der Waals surface area contributed by atoms with Gasteiger partial charge in [0.1, 0.15) is 6.61 Å². The molecule has 0 fully saturated rings. The molecular weight excluding hydrogens is 294 g/mol. The summed E-state index contributed by atoms with van der Waals surface area (Å²) in [6.07, 6.45) is -0.122. The molecule has 0 heterocycles. The van der Waals surface area contributed by atoms with Crippen molar-refractivity contribution in [1.82, 2.24) is 5.32 Å². The summed E-state index contributed by atoms with van der Waals surface area (Å²) < 4.78 is 5.03. The number of esters is 1. The van der Waals surface area contributed by atoms with Crippen molar-refractivity contribution in [2.45, 2.75) is 32.2 Å². The minimum Gasteiger partial charge on any atom is -0.465 e. The lowest BCUT2D eigenvalue weighted by Gasteiger charge is -2.34. The van der Waals surface area contributed by atoms with Gasteiger partial charge in [-0.25, -0.2) is 9.59 Å². The largest absolute Gasteiger partial charge is 0.465 e. The topological polar surface area (TPSA) is 75.6 Å². The highest BCUT2D eigenvalue weighted by atomic mass is 16.5. The standard InChI is InChI=1S/C18H23NO4/c1-6-16(20)23-11-15(19-17(21)22)18(4,5)14-9-7-13(8-10-14)12(2)3/h6-10,15,19H,1-2,11H2,3-5H3,(H,21,22). The van der Waals surface area contributed by atoms with Crippen molar-refractivity contribution in [2.75, 3.05) is 6.61 Å². The lowest BCUT2D eigenvalue weighted by molar-refractivity contribution is -0.138. The molecule has 0 aliphatic carbocycles. The number of nitrogens with one attached hydrogen (secondary N) is 1. The van der Waals surface area contributed by atoms with Gasteiger partial charge in [-0.3, -0.25) is 0 Å². The quantitative estimate of drug-likeness (QED) is 0.597. The first-order valence-corrected chi connectivity index (χ1v) is 7.23. The highest BCUT2D eigenvalue weighted by Gasteiger charge is 2.33. The molecule has 0 bridgehead atoms. The van der Waals surface area contributed by atoms with Gasteiger partial charge in [0.05, 0.1) is 6.04 Å². The number of ether oxygens (including phenoxy) is 1. The lowest BCUT2D eigenvalue weighted by Crippen LogP contribution is -2.50. The normalized spacial score (nSPS) is 12.1. The van der Waals surface area contributed by atoms with Gasteiger partial charge in [-0.1, -0.05) is 56.8 Å². The molecule has 0 aliphatic rings. The maximum Gasteiger partial charge on any atom is 0.405 e. The van der Waals surface area contributed by atoms with Crippen molar-refractivity contribution in [3.05, 3.63) is 54.6 Å². The lowest BCUT2D eigenvalue weighted by atomic mass is 9.77. The van der Waals surface area contributed by atoms with Crippen molar-refractivity contribution in [2.24, 2.45) is 0 Å². The Balaban J connectivity index is 3.04. The minimum atomic E-state index is -1.17. The zero-order valence-corrected chi connectivity index (χ0v) is 13.8. The molecule has 1 aromatic carbocycles. The van der Waals surface area contributed by atoms with Gasteiger partial charge < -0.3 is 15.2 Å². The second kappa shape index (κ2) is 7.63. The molecule has 0 radical (unpaired) electrons. The van der Waals surface area contributed by atoms with Crippen LogP contribution in [0.3, 0.4) is 0 Å². The monoisotopic (exact) mass is 317 g/mol. The maximum atomic E-state index is 11.3. The average Bonchev–Trinajstić information content (AvgIpc) is 2.50. The molecule has 0 spiro atoms. The van der Waals surface area contributed by atoms with Crippen LogP contribution in [0.1, 0.15) is 31.9 Å². The van der Waals surface area contributed by atoms with E-state index in [0.717, 1.165) is 22.8 Å². The van der Waals surface area contributed by atoms with Gasteiger partial charge in [-0.2, -0.15) is 0 Å². The van der Waals surface area contributed by atoms with Crippen LogP contribution in [-0.4, -0.2) is 29.8 Å². The molecule has 5 nitrogen and oxygen atoms in total. The van der Waals surface area contributed by atoms with Gasteiger partial charge in [-0.15, -0.1) is 0 Å². The predicted molar refractivity (Wildman–Crippen MR) is 90.3 cm³/mol. The van der Waals surface area contributed by atoms with Gasteiger partial charge in [-0.05, 0) is 18.1 Å². The van der Waals surface area contributed by atoms with E-state index in [1.54, 1.807) is 0 Å². The van der Waals surface area contributed by atoms with E-state index in [1.165, 1.54) is 0 Å². The number of amides is 1. The second-order valence-electron chi connectivity index (χ2n) is 5.92. The van der Waals surface area contributed by atoms with Crippen LogP contribution in [0.2, 0.25) is 0 Å². The van der Waals surface area contributed by atoms with Crippen molar-refractivity contribution in [3.8, 4) is 0 Å². The van der Waals surface area contributed by atoms with Crippen LogP contribution in [-0.2, 0) is 14.9 Å². The molecule has 1 atom stereocenters. The van der Waals surface area contributed by atoms with Crippen LogP contribution < -0.4 is 5.32 Å². The van der Waals surface area contributed by atoms with E-state index >= 15 is 0 Å². The van der Waals surface area contributed by atoms with Crippen LogP contribution in [0, 0.1) is 0 Å². The minimum absolute atomic E-state index is 0.0770. The number of hydrogen-bond acceptors (Lipinski definition) is 3. The molecule has 2 N–H and O–H groups in total. The Morgan fingerprint density at radius 2 is 1.91 bits per heavy atom. The van der Waals surface area contributed by atoms with Crippen LogP contribution in [0.4, 0.5) is 4.79 Å². The first-order valence-electron chi connectivity index (χ1n) is 7.23. The van der Waals surface area contributed by atoms with E-state index in [9.17, 15) is 9.59 Å². The third-order valence-electron chi connectivity index (χ3n) is 3.85. The van der Waals surface area contributed by atoms with Gasteiger partial charge in [0.15, 0.2) is 0 Å². The van der Waals surface area contributed by atoms with Crippen LogP contribution in [0.25, 0.3) is 5.57 Å². The first-order chi connectivity index (χ1) is 10.7. The Hall–Kier alpha value is -2.56. The van der Waals surface area contributed by atoms with Crippen LogP contribution >= 0.6 is 0 Å². The number of allylic oxidation sites excluding steroid dienone is 1. The Labute approximate surface area is 136 Å². The van der Waals surface area contributed by atoms with Crippen molar-refractivity contribution < 1.29 is 19.4 Å². The van der Waals surface area contributed by atoms with Crippen molar-refractivity contribution >= 4 is 17.6 Å². The average molecular weight is 317 g/mol. The molecule has 0 aromatic heterocycles. The fourth-order valence-electron chi connectivity index (χ4n) is 2.19. The van der Waals surface area contributed by atoms with E-state index in [1.807, 2.05) is 45.0 Å². The van der Waals surface area contributed by atoms with Gasteiger partial charge in [0.25, 0.3) is 0 Å².